The van der Waals surface area contributed by atoms with Crippen LogP contribution in [0.1, 0.15) is 26.2 Å². The van der Waals surface area contributed by atoms with E-state index in [4.69, 9.17) is 0 Å². The molecule has 1 fully saturated rings. The summed E-state index contributed by atoms with van der Waals surface area (Å²) in [5.41, 5.74) is 0.989. The van der Waals surface area contributed by atoms with Crippen molar-refractivity contribution in [3.63, 3.8) is 0 Å². The van der Waals surface area contributed by atoms with E-state index in [0.717, 1.165) is 19.3 Å². The zero-order valence-corrected chi connectivity index (χ0v) is 17.4. The average Bonchev–Trinajstić information content (AvgIpc) is 3.46. The van der Waals surface area contributed by atoms with E-state index in [1.807, 2.05) is 0 Å². The van der Waals surface area contributed by atoms with Gasteiger partial charge in [0, 0.05) is 43.3 Å². The predicted molar refractivity (Wildman–Crippen MR) is 111 cm³/mol. The average molecular weight is 454 g/mol. The van der Waals surface area contributed by atoms with E-state index >= 15 is 0 Å². The molecule has 2 aromatic rings. The van der Waals surface area contributed by atoms with E-state index in [9.17, 15) is 19.7 Å². The molecule has 1 aromatic heterocycles. The molecule has 9 heteroatoms. The lowest BCUT2D eigenvalue weighted by molar-refractivity contribution is -0.384. The van der Waals surface area contributed by atoms with Gasteiger partial charge in [-0.1, -0.05) is 11.8 Å². The second-order valence-electron chi connectivity index (χ2n) is 6.73. The third-order valence-corrected chi connectivity index (χ3v) is 6.37. The number of nitro groups is 1. The number of rotatable bonds is 7. The number of aromatic nitrogens is 1. The largest absolute Gasteiger partial charge is 0.380 e. The van der Waals surface area contributed by atoms with Crippen LogP contribution in [-0.4, -0.2) is 26.4 Å². The van der Waals surface area contributed by atoms with E-state index in [-0.39, 0.29) is 22.4 Å². The van der Waals surface area contributed by atoms with Gasteiger partial charge in [0.25, 0.3) is 11.2 Å². The summed E-state index contributed by atoms with van der Waals surface area (Å²) < 4.78 is 1.84. The molecule has 0 amide bonds. The van der Waals surface area contributed by atoms with E-state index in [0.29, 0.717) is 32.7 Å². The first-order chi connectivity index (χ1) is 12.8. The number of benzene rings is 1. The molecule has 1 aliphatic rings. The zero-order chi connectivity index (χ0) is 19.7. The van der Waals surface area contributed by atoms with Crippen LogP contribution in [0.5, 0.6) is 0 Å². The summed E-state index contributed by atoms with van der Waals surface area (Å²) in [6.45, 7) is 1.55. The number of nitrogens with zero attached hydrogens (tertiary/aromatic N) is 2. The fourth-order valence-corrected chi connectivity index (χ4v) is 4.45. The molecule has 0 spiro atoms. The van der Waals surface area contributed by atoms with Gasteiger partial charge in [0.1, 0.15) is 4.47 Å². The minimum Gasteiger partial charge on any atom is -0.380 e. The number of fused-ring (bicyclic) bond motifs is 1. The minimum atomic E-state index is -0.440. The topological polar surface area (TPSA) is 94.2 Å². The molecule has 3 rings (SSSR count). The number of hydrogen-bond donors (Lipinski definition) is 1. The van der Waals surface area contributed by atoms with E-state index in [1.54, 1.807) is 20.0 Å². The molecule has 0 saturated heterocycles. The third kappa shape index (κ3) is 4.35. The Hall–Kier alpha value is -1.87. The monoisotopic (exact) mass is 453 g/mol. The van der Waals surface area contributed by atoms with Gasteiger partial charge in [-0.15, -0.1) is 0 Å². The van der Waals surface area contributed by atoms with Crippen molar-refractivity contribution < 1.29 is 9.72 Å². The maximum atomic E-state index is 12.6. The number of halogens is 1. The van der Waals surface area contributed by atoms with Crippen molar-refractivity contribution in [2.24, 2.45) is 13.0 Å². The molecular weight excluding hydrogens is 434 g/mol. The number of carbonyl (C=O) groups excluding carboxylic acids is 1. The quantitative estimate of drug-likeness (QED) is 0.501. The van der Waals surface area contributed by atoms with Crippen molar-refractivity contribution in [1.82, 2.24) is 4.57 Å². The highest BCUT2D eigenvalue weighted by Crippen LogP contribution is 2.39. The summed E-state index contributed by atoms with van der Waals surface area (Å²) in [6.07, 6.45) is 2.98. The van der Waals surface area contributed by atoms with Crippen LogP contribution in [0.3, 0.4) is 0 Å². The predicted octanol–water partition coefficient (Wildman–Crippen LogP) is 4.07. The standard InChI is InChI=1S/C18H20BrN3O4S/c1-10(23)27-8-7-14(11-3-4-11)20-17-13-9-12(22(25)26)5-6-15(13)21(2)18(24)16(17)19/h5-6,9,11,14,20H,3-4,7-8H2,1-2H3. The number of pyridine rings is 1. The summed E-state index contributed by atoms with van der Waals surface area (Å²) in [5.74, 6) is 1.19. The van der Waals surface area contributed by atoms with Gasteiger partial charge in [0.2, 0.25) is 0 Å². The Morgan fingerprint density at radius 2 is 2.19 bits per heavy atom. The Kier molecular flexibility index (Phi) is 5.90. The molecule has 1 atom stereocenters. The van der Waals surface area contributed by atoms with Crippen LogP contribution in [-0.2, 0) is 11.8 Å². The van der Waals surface area contributed by atoms with Crippen LogP contribution >= 0.6 is 27.7 Å². The molecular formula is C18H20BrN3O4S. The van der Waals surface area contributed by atoms with Gasteiger partial charge in [0.05, 0.1) is 16.1 Å². The maximum absolute atomic E-state index is 12.6. The normalized spacial score (nSPS) is 14.9. The molecule has 1 heterocycles. The van der Waals surface area contributed by atoms with Crippen LogP contribution in [0.2, 0.25) is 0 Å². The zero-order valence-electron chi connectivity index (χ0n) is 15.0. The Morgan fingerprint density at radius 1 is 1.48 bits per heavy atom. The minimum absolute atomic E-state index is 0.0220. The first-order valence-corrected chi connectivity index (χ1v) is 10.4. The van der Waals surface area contributed by atoms with Gasteiger partial charge in [-0.05, 0) is 47.2 Å². The highest BCUT2D eigenvalue weighted by Gasteiger charge is 2.32. The van der Waals surface area contributed by atoms with Gasteiger partial charge in [-0.3, -0.25) is 19.7 Å². The van der Waals surface area contributed by atoms with E-state index in [2.05, 4.69) is 21.2 Å². The summed E-state index contributed by atoms with van der Waals surface area (Å²) in [6, 6.07) is 4.62. The number of anilines is 1. The summed E-state index contributed by atoms with van der Waals surface area (Å²) in [7, 11) is 1.65. The Balaban J connectivity index is 2.02. The molecule has 0 radical (unpaired) electrons. The molecule has 1 aromatic carbocycles. The number of non-ortho nitro benzene ring substituents is 1. The van der Waals surface area contributed by atoms with Crippen molar-refractivity contribution in [3.8, 4) is 0 Å². The van der Waals surface area contributed by atoms with Gasteiger partial charge < -0.3 is 9.88 Å². The second-order valence-corrected chi connectivity index (χ2v) is 8.79. The molecule has 1 N–H and O–H groups in total. The Bertz CT molecular complexity index is 971. The highest BCUT2D eigenvalue weighted by atomic mass is 79.9. The molecule has 1 aliphatic carbocycles. The number of aryl methyl sites for hydroxylation is 1. The van der Waals surface area contributed by atoms with Crippen LogP contribution in [0.25, 0.3) is 10.9 Å². The molecule has 7 nitrogen and oxygen atoms in total. The second kappa shape index (κ2) is 8.02. The lowest BCUT2D eigenvalue weighted by atomic mass is 10.1. The number of nitro benzene ring substituents is 1. The van der Waals surface area contributed by atoms with Crippen LogP contribution < -0.4 is 10.9 Å². The fraction of sp³-hybridized carbons (Fsp3) is 0.444. The van der Waals surface area contributed by atoms with Gasteiger partial charge >= 0.3 is 0 Å². The Morgan fingerprint density at radius 3 is 2.78 bits per heavy atom. The van der Waals surface area contributed by atoms with Gasteiger partial charge in [0.15, 0.2) is 5.12 Å². The molecule has 0 bridgehead atoms. The molecule has 0 aliphatic heterocycles. The van der Waals surface area contributed by atoms with E-state index < -0.39 is 4.92 Å². The SMILES string of the molecule is CC(=O)SCCC(Nc1c(Br)c(=O)n(C)c2ccc([N+](=O)[O-])cc12)C1CC1. The molecule has 1 saturated carbocycles. The van der Waals surface area contributed by atoms with Crippen molar-refractivity contribution in [2.45, 2.75) is 32.2 Å². The van der Waals surface area contributed by atoms with Crippen LogP contribution in [0.4, 0.5) is 11.4 Å². The third-order valence-electron chi connectivity index (χ3n) is 4.79. The van der Waals surface area contributed by atoms with Crippen LogP contribution in [0.15, 0.2) is 27.5 Å². The van der Waals surface area contributed by atoms with Gasteiger partial charge in [-0.25, -0.2) is 0 Å². The molecule has 27 heavy (non-hydrogen) atoms. The number of carbonyl (C=O) groups is 1. The lowest BCUT2D eigenvalue weighted by Crippen LogP contribution is -2.26. The number of nitrogens with one attached hydrogen (secondary N) is 1. The summed E-state index contributed by atoms with van der Waals surface area (Å²) in [4.78, 5) is 34.6. The first kappa shape index (κ1) is 19.9. The van der Waals surface area contributed by atoms with Crippen molar-refractivity contribution >= 4 is 55.1 Å². The Labute approximate surface area is 168 Å². The first-order valence-electron chi connectivity index (χ1n) is 8.66. The number of hydrogen-bond acceptors (Lipinski definition) is 6. The van der Waals surface area contributed by atoms with Crippen molar-refractivity contribution in [1.29, 1.82) is 0 Å². The smallest absolute Gasteiger partial charge is 0.270 e. The van der Waals surface area contributed by atoms with Crippen LogP contribution in [0, 0.1) is 16.0 Å². The number of thioether (sulfide) groups is 1. The maximum Gasteiger partial charge on any atom is 0.270 e. The highest BCUT2D eigenvalue weighted by molar-refractivity contribution is 9.10. The molecule has 1 unspecified atom stereocenters. The van der Waals surface area contributed by atoms with E-state index in [1.165, 1.54) is 28.5 Å². The van der Waals surface area contributed by atoms with Crippen molar-refractivity contribution in [2.75, 3.05) is 11.1 Å². The fourth-order valence-electron chi connectivity index (χ4n) is 3.19. The summed E-state index contributed by atoms with van der Waals surface area (Å²) >= 11 is 4.67. The van der Waals surface area contributed by atoms with Gasteiger partial charge in [-0.2, -0.15) is 0 Å². The molecule has 144 valence electrons. The summed E-state index contributed by atoms with van der Waals surface area (Å²) in [5, 5.41) is 15.4. The lowest BCUT2D eigenvalue weighted by Gasteiger charge is -2.22. The van der Waals surface area contributed by atoms with Crippen molar-refractivity contribution in [3.05, 3.63) is 43.1 Å².